The summed E-state index contributed by atoms with van der Waals surface area (Å²) in [7, 11) is 2.20. The van der Waals surface area contributed by atoms with Gasteiger partial charge in [-0.15, -0.1) is 0 Å². The molecule has 0 amide bonds. The number of nitrogens with one attached hydrogen (secondary N) is 2. The first-order valence-corrected chi connectivity index (χ1v) is 9.62. The number of likely N-dealkylation sites (N-methyl/N-ethyl adjacent to an activating group) is 1. The predicted molar refractivity (Wildman–Crippen MR) is 115 cm³/mol. The fourth-order valence-corrected chi connectivity index (χ4v) is 3.68. The maximum absolute atomic E-state index is 3.69. The monoisotopic (exact) mass is 482 g/mol. The van der Waals surface area contributed by atoms with Gasteiger partial charge in [0.15, 0.2) is 0 Å². The number of benzene rings is 2. The third kappa shape index (κ3) is 9.18. The van der Waals surface area contributed by atoms with Gasteiger partial charge in [0.05, 0.1) is 0 Å². The molecule has 2 N–H and O–H groups in total. The van der Waals surface area contributed by atoms with Crippen LogP contribution in [0.2, 0.25) is 0 Å². The number of para-hydroxylation sites is 2. The molecular weight excluding hydrogens is 448 g/mol. The molecule has 2 rings (SSSR count). The first-order valence-electron chi connectivity index (χ1n) is 9.62. The van der Waals surface area contributed by atoms with E-state index in [1.165, 1.54) is 33.6 Å². The van der Waals surface area contributed by atoms with Crippen molar-refractivity contribution >= 4 is 11.4 Å². The largest absolute Gasteiger partial charge is 2.00 e. The molecule has 1 radical (unpaired) electrons. The first kappa shape index (κ1) is 30.3. The Balaban J connectivity index is 0. The van der Waals surface area contributed by atoms with Gasteiger partial charge < -0.3 is 40.3 Å². The van der Waals surface area contributed by atoms with Crippen molar-refractivity contribution in [1.82, 2.24) is 4.90 Å². The minimum Gasteiger partial charge on any atom is -1.00 e. The molecule has 165 valence electrons. The van der Waals surface area contributed by atoms with Gasteiger partial charge in [0.1, 0.15) is 0 Å². The number of aryl methyl sites for hydroxylation is 4. The van der Waals surface area contributed by atoms with Crippen LogP contribution in [0.5, 0.6) is 0 Å². The minimum absolute atomic E-state index is 0. The van der Waals surface area contributed by atoms with E-state index in [2.05, 4.69) is 101 Å². The molecule has 0 heterocycles. The second-order valence-electron chi connectivity index (χ2n) is 7.85. The van der Waals surface area contributed by atoms with Crippen LogP contribution in [-0.4, -0.2) is 37.1 Å². The minimum atomic E-state index is 0. The van der Waals surface area contributed by atoms with Crippen molar-refractivity contribution in [3.05, 3.63) is 58.7 Å². The van der Waals surface area contributed by atoms with Gasteiger partial charge in [0, 0.05) is 36.5 Å². The van der Waals surface area contributed by atoms with E-state index < -0.39 is 0 Å². The van der Waals surface area contributed by atoms with Gasteiger partial charge in [0.25, 0.3) is 0 Å². The van der Waals surface area contributed by atoms with E-state index in [9.17, 15) is 0 Å². The molecule has 0 aromatic heterocycles. The summed E-state index contributed by atoms with van der Waals surface area (Å²) in [4.78, 5) is 2.40. The van der Waals surface area contributed by atoms with Crippen LogP contribution >= 0.6 is 0 Å². The zero-order valence-corrected chi connectivity index (χ0v) is 21.1. The second-order valence-corrected chi connectivity index (χ2v) is 7.85. The van der Waals surface area contributed by atoms with E-state index in [0.717, 1.165) is 13.1 Å². The summed E-state index contributed by atoms with van der Waals surface area (Å²) in [6.07, 6.45) is 0. The van der Waals surface area contributed by atoms with Crippen molar-refractivity contribution in [2.24, 2.45) is 0 Å². The molecule has 0 saturated heterocycles. The number of hydrogen-bond acceptors (Lipinski definition) is 3. The van der Waals surface area contributed by atoms with E-state index in [1.54, 1.807) is 0 Å². The molecule has 2 aromatic carbocycles. The fourth-order valence-electron chi connectivity index (χ4n) is 3.68. The Morgan fingerprint density at radius 1 is 0.690 bits per heavy atom. The molecule has 0 aliphatic rings. The maximum atomic E-state index is 3.69. The van der Waals surface area contributed by atoms with Gasteiger partial charge in [-0.05, 0) is 70.8 Å². The summed E-state index contributed by atoms with van der Waals surface area (Å²) in [5.74, 6) is 0. The van der Waals surface area contributed by atoms with Gasteiger partial charge in [0.2, 0.25) is 0 Å². The quantitative estimate of drug-likeness (QED) is 0.513. The molecule has 2 atom stereocenters. The van der Waals surface area contributed by atoms with Gasteiger partial charge >= 0.3 is 16.8 Å². The van der Waals surface area contributed by atoms with Crippen LogP contribution in [0, 0.1) is 27.7 Å². The Labute approximate surface area is 200 Å². The van der Waals surface area contributed by atoms with Crippen molar-refractivity contribution in [3.8, 4) is 0 Å². The molecule has 0 aliphatic carbocycles. The summed E-state index contributed by atoms with van der Waals surface area (Å²) in [6, 6.07) is 13.7. The summed E-state index contributed by atoms with van der Waals surface area (Å²) < 4.78 is 0. The molecule has 0 fully saturated rings. The topological polar surface area (TPSA) is 27.3 Å². The molecular formula is C23H35Cl2CoN3. The van der Waals surface area contributed by atoms with Gasteiger partial charge in [-0.25, -0.2) is 0 Å². The van der Waals surface area contributed by atoms with Crippen LogP contribution in [0.25, 0.3) is 0 Å². The number of halogens is 2. The smallest absolute Gasteiger partial charge is 1.00 e. The van der Waals surface area contributed by atoms with Crippen molar-refractivity contribution < 1.29 is 41.6 Å². The third-order valence-corrected chi connectivity index (χ3v) is 4.91. The Morgan fingerprint density at radius 2 is 0.966 bits per heavy atom. The average molecular weight is 483 g/mol. The fraction of sp³-hybridized carbons (Fsp3) is 0.478. The van der Waals surface area contributed by atoms with Crippen LogP contribution in [0.4, 0.5) is 11.4 Å². The Kier molecular flexibility index (Phi) is 14.8. The molecule has 6 heteroatoms. The SMILES string of the molecule is Cc1cccc(C)c1NC(C)CN(C)CC(C)Nc1c(C)cccc1C.[Cl-].[Cl-].[Co+2]. The molecule has 0 aliphatic heterocycles. The van der Waals surface area contributed by atoms with Crippen LogP contribution < -0.4 is 35.4 Å². The molecule has 0 saturated carbocycles. The molecule has 2 unspecified atom stereocenters. The summed E-state index contributed by atoms with van der Waals surface area (Å²) in [5, 5.41) is 7.38. The van der Waals surface area contributed by atoms with Crippen molar-refractivity contribution in [1.29, 1.82) is 0 Å². The van der Waals surface area contributed by atoms with Crippen LogP contribution in [0.3, 0.4) is 0 Å². The molecule has 2 aromatic rings. The summed E-state index contributed by atoms with van der Waals surface area (Å²) in [6.45, 7) is 15.2. The Hall–Kier alpha value is -0.914. The standard InChI is InChI=1S/C23H35N3.2ClH.Co/c1-16-10-8-11-17(2)22(16)24-20(5)14-26(7)15-21(6)25-23-18(3)12-9-13-19(23)4;;;/h8-13,20-21,24-25H,14-15H2,1-7H3;2*1H;/q;;;+2/p-2. The number of anilines is 2. The molecule has 29 heavy (non-hydrogen) atoms. The zero-order chi connectivity index (χ0) is 19.3. The average Bonchev–Trinajstić information content (AvgIpc) is 2.54. The maximum Gasteiger partial charge on any atom is 2.00 e. The number of nitrogens with zero attached hydrogens (tertiary/aromatic N) is 1. The third-order valence-electron chi connectivity index (χ3n) is 4.91. The van der Waals surface area contributed by atoms with E-state index in [4.69, 9.17) is 0 Å². The Morgan fingerprint density at radius 3 is 1.24 bits per heavy atom. The van der Waals surface area contributed by atoms with Gasteiger partial charge in [-0.1, -0.05) is 36.4 Å². The number of rotatable bonds is 8. The van der Waals surface area contributed by atoms with E-state index in [-0.39, 0.29) is 41.6 Å². The van der Waals surface area contributed by atoms with Gasteiger partial charge in [-0.3, -0.25) is 0 Å². The van der Waals surface area contributed by atoms with E-state index in [1.807, 2.05) is 0 Å². The molecule has 0 spiro atoms. The Bertz CT molecular complexity index is 638. The van der Waals surface area contributed by atoms with Crippen LogP contribution in [0.1, 0.15) is 36.1 Å². The van der Waals surface area contributed by atoms with Crippen molar-refractivity contribution in [2.75, 3.05) is 30.8 Å². The van der Waals surface area contributed by atoms with Crippen LogP contribution in [-0.2, 0) is 16.8 Å². The summed E-state index contributed by atoms with van der Waals surface area (Å²) >= 11 is 0. The number of hydrogen-bond donors (Lipinski definition) is 2. The van der Waals surface area contributed by atoms with Crippen molar-refractivity contribution in [2.45, 2.75) is 53.6 Å². The first-order chi connectivity index (χ1) is 12.3. The zero-order valence-electron chi connectivity index (χ0n) is 18.6. The summed E-state index contributed by atoms with van der Waals surface area (Å²) in [5.41, 5.74) is 7.79. The van der Waals surface area contributed by atoms with Gasteiger partial charge in [-0.2, -0.15) is 0 Å². The second kappa shape index (κ2) is 14.2. The van der Waals surface area contributed by atoms with Crippen LogP contribution in [0.15, 0.2) is 36.4 Å². The van der Waals surface area contributed by atoms with E-state index in [0.29, 0.717) is 12.1 Å². The van der Waals surface area contributed by atoms with Crippen molar-refractivity contribution in [3.63, 3.8) is 0 Å². The molecule has 0 bridgehead atoms. The predicted octanol–water partition coefficient (Wildman–Crippen LogP) is -0.841. The van der Waals surface area contributed by atoms with E-state index >= 15 is 0 Å². The normalized spacial score (nSPS) is 12.1. The molecule has 3 nitrogen and oxygen atoms in total.